The van der Waals surface area contributed by atoms with Crippen LogP contribution >= 0.6 is 0 Å². The average molecular weight is 169 g/mol. The van der Waals surface area contributed by atoms with Crippen LogP contribution in [0.15, 0.2) is 12.2 Å². The van der Waals surface area contributed by atoms with Gasteiger partial charge in [-0.3, -0.25) is 4.79 Å². The standard InChI is InChI=1S/C9H15NO2/c1-9(10-7-8(11)12)5-3-2-4-6-9/h2-3,10H,4-7H2,1H3,(H,11,12). The van der Waals surface area contributed by atoms with E-state index in [-0.39, 0.29) is 12.1 Å². The summed E-state index contributed by atoms with van der Waals surface area (Å²) in [5, 5.41) is 11.5. The topological polar surface area (TPSA) is 49.3 Å². The quantitative estimate of drug-likeness (QED) is 0.623. The first-order valence-corrected chi connectivity index (χ1v) is 4.24. The lowest BCUT2D eigenvalue weighted by molar-refractivity contribution is -0.136. The minimum Gasteiger partial charge on any atom is -0.480 e. The van der Waals surface area contributed by atoms with Gasteiger partial charge in [0.25, 0.3) is 0 Å². The molecule has 3 nitrogen and oxygen atoms in total. The highest BCUT2D eigenvalue weighted by molar-refractivity contribution is 5.69. The molecule has 0 amide bonds. The first kappa shape index (κ1) is 9.26. The highest BCUT2D eigenvalue weighted by Crippen LogP contribution is 2.22. The normalized spacial score (nSPS) is 28.8. The van der Waals surface area contributed by atoms with E-state index in [4.69, 9.17) is 5.11 Å². The van der Waals surface area contributed by atoms with Crippen molar-refractivity contribution in [2.75, 3.05) is 6.54 Å². The molecule has 12 heavy (non-hydrogen) atoms. The molecule has 2 N–H and O–H groups in total. The maximum atomic E-state index is 10.3. The zero-order valence-corrected chi connectivity index (χ0v) is 7.34. The Morgan fingerprint density at radius 1 is 1.67 bits per heavy atom. The van der Waals surface area contributed by atoms with Gasteiger partial charge in [0.05, 0.1) is 6.54 Å². The molecule has 0 spiro atoms. The number of hydrogen-bond donors (Lipinski definition) is 2. The number of carbonyl (C=O) groups is 1. The van der Waals surface area contributed by atoms with E-state index in [0.717, 1.165) is 19.3 Å². The minimum atomic E-state index is -0.786. The Kier molecular flexibility index (Phi) is 2.87. The number of carboxylic acid groups (broad SMARTS) is 1. The van der Waals surface area contributed by atoms with Crippen LogP contribution in [0.1, 0.15) is 26.2 Å². The lowest BCUT2D eigenvalue weighted by Crippen LogP contribution is -2.45. The number of hydrogen-bond acceptors (Lipinski definition) is 2. The van der Waals surface area contributed by atoms with Gasteiger partial charge >= 0.3 is 5.97 Å². The van der Waals surface area contributed by atoms with Crippen molar-refractivity contribution in [2.24, 2.45) is 0 Å². The van der Waals surface area contributed by atoms with Crippen LogP contribution < -0.4 is 5.32 Å². The van der Waals surface area contributed by atoms with Gasteiger partial charge in [-0.15, -0.1) is 0 Å². The summed E-state index contributed by atoms with van der Waals surface area (Å²) in [6.45, 7) is 2.13. The van der Waals surface area contributed by atoms with Gasteiger partial charge in [0.1, 0.15) is 0 Å². The van der Waals surface area contributed by atoms with E-state index >= 15 is 0 Å². The Morgan fingerprint density at radius 2 is 2.42 bits per heavy atom. The third-order valence-corrected chi connectivity index (χ3v) is 2.26. The highest BCUT2D eigenvalue weighted by Gasteiger charge is 2.23. The summed E-state index contributed by atoms with van der Waals surface area (Å²) in [5.74, 6) is -0.786. The Labute approximate surface area is 72.5 Å². The van der Waals surface area contributed by atoms with Gasteiger partial charge in [-0.05, 0) is 26.2 Å². The van der Waals surface area contributed by atoms with Crippen molar-refractivity contribution in [1.82, 2.24) is 5.32 Å². The van der Waals surface area contributed by atoms with Crippen molar-refractivity contribution < 1.29 is 9.90 Å². The average Bonchev–Trinajstić information content (AvgIpc) is 2.03. The van der Waals surface area contributed by atoms with Gasteiger partial charge in [0, 0.05) is 5.54 Å². The maximum Gasteiger partial charge on any atom is 0.317 e. The predicted molar refractivity (Wildman–Crippen MR) is 47.0 cm³/mol. The SMILES string of the molecule is CC1(NCC(=O)O)CC=CCC1. The van der Waals surface area contributed by atoms with Crippen molar-refractivity contribution >= 4 is 5.97 Å². The molecule has 0 heterocycles. The first-order chi connectivity index (χ1) is 5.62. The molecule has 1 aliphatic rings. The first-order valence-electron chi connectivity index (χ1n) is 4.24. The molecule has 0 saturated heterocycles. The van der Waals surface area contributed by atoms with Gasteiger partial charge in [-0.2, -0.15) is 0 Å². The zero-order chi connectivity index (χ0) is 9.03. The molecule has 0 aliphatic heterocycles. The smallest absolute Gasteiger partial charge is 0.317 e. The van der Waals surface area contributed by atoms with Crippen LogP contribution in [0.2, 0.25) is 0 Å². The number of aliphatic carboxylic acids is 1. The number of allylic oxidation sites excluding steroid dienone is 1. The molecule has 1 rings (SSSR count). The summed E-state index contributed by atoms with van der Waals surface area (Å²) in [6, 6.07) is 0. The summed E-state index contributed by atoms with van der Waals surface area (Å²) >= 11 is 0. The van der Waals surface area contributed by atoms with Gasteiger partial charge in [-0.1, -0.05) is 12.2 Å². The molecule has 0 radical (unpaired) electrons. The summed E-state index contributed by atoms with van der Waals surface area (Å²) < 4.78 is 0. The summed E-state index contributed by atoms with van der Waals surface area (Å²) in [6.07, 6.45) is 7.25. The lowest BCUT2D eigenvalue weighted by atomic mass is 9.88. The molecule has 0 aromatic heterocycles. The molecule has 0 fully saturated rings. The Hall–Kier alpha value is -0.830. The molecular formula is C9H15NO2. The van der Waals surface area contributed by atoms with Crippen LogP contribution in [0.4, 0.5) is 0 Å². The minimum absolute atomic E-state index is 0.00681. The van der Waals surface area contributed by atoms with Crippen molar-refractivity contribution in [3.05, 3.63) is 12.2 Å². The second kappa shape index (κ2) is 3.72. The summed E-state index contributed by atoms with van der Waals surface area (Å²) in [4.78, 5) is 10.3. The van der Waals surface area contributed by atoms with E-state index in [1.165, 1.54) is 0 Å². The molecule has 0 aromatic carbocycles. The number of nitrogens with one attached hydrogen (secondary N) is 1. The molecule has 68 valence electrons. The zero-order valence-electron chi connectivity index (χ0n) is 7.34. The molecule has 3 heteroatoms. The van der Waals surface area contributed by atoms with Crippen LogP contribution in [0.5, 0.6) is 0 Å². The fourth-order valence-corrected chi connectivity index (χ4v) is 1.41. The fourth-order valence-electron chi connectivity index (χ4n) is 1.41. The molecular weight excluding hydrogens is 154 g/mol. The van der Waals surface area contributed by atoms with E-state index in [9.17, 15) is 4.79 Å². The van der Waals surface area contributed by atoms with Crippen LogP contribution in [0.3, 0.4) is 0 Å². The van der Waals surface area contributed by atoms with E-state index in [0.29, 0.717) is 0 Å². The summed E-state index contributed by atoms with van der Waals surface area (Å²) in [5.41, 5.74) is -0.00681. The van der Waals surface area contributed by atoms with E-state index in [1.807, 2.05) is 0 Å². The van der Waals surface area contributed by atoms with Crippen LogP contribution in [0.25, 0.3) is 0 Å². The molecule has 0 saturated carbocycles. The van der Waals surface area contributed by atoms with Crippen LogP contribution in [0, 0.1) is 0 Å². The lowest BCUT2D eigenvalue weighted by Gasteiger charge is -2.31. The van der Waals surface area contributed by atoms with Gasteiger partial charge < -0.3 is 10.4 Å². The van der Waals surface area contributed by atoms with Crippen molar-refractivity contribution in [3.63, 3.8) is 0 Å². The highest BCUT2D eigenvalue weighted by atomic mass is 16.4. The molecule has 0 aromatic rings. The molecule has 0 bridgehead atoms. The molecule has 1 atom stereocenters. The largest absolute Gasteiger partial charge is 0.480 e. The third kappa shape index (κ3) is 2.66. The van der Waals surface area contributed by atoms with Crippen molar-refractivity contribution in [3.8, 4) is 0 Å². The summed E-state index contributed by atoms with van der Waals surface area (Å²) in [7, 11) is 0. The molecule has 1 unspecified atom stereocenters. The second-order valence-electron chi connectivity index (χ2n) is 3.52. The Balaban J connectivity index is 2.38. The third-order valence-electron chi connectivity index (χ3n) is 2.26. The number of rotatable bonds is 3. The van der Waals surface area contributed by atoms with Crippen molar-refractivity contribution in [1.29, 1.82) is 0 Å². The maximum absolute atomic E-state index is 10.3. The predicted octanol–water partition coefficient (Wildman–Crippen LogP) is 1.16. The second-order valence-corrected chi connectivity index (χ2v) is 3.52. The van der Waals surface area contributed by atoms with Gasteiger partial charge in [0.2, 0.25) is 0 Å². The Bertz CT molecular complexity index is 201. The van der Waals surface area contributed by atoms with E-state index < -0.39 is 5.97 Å². The van der Waals surface area contributed by atoms with Crippen molar-refractivity contribution in [2.45, 2.75) is 31.7 Å². The van der Waals surface area contributed by atoms with Crippen LogP contribution in [-0.2, 0) is 4.79 Å². The van der Waals surface area contributed by atoms with E-state index in [2.05, 4.69) is 24.4 Å². The Morgan fingerprint density at radius 3 is 2.92 bits per heavy atom. The fraction of sp³-hybridized carbons (Fsp3) is 0.667. The van der Waals surface area contributed by atoms with Crippen LogP contribution in [-0.4, -0.2) is 23.2 Å². The van der Waals surface area contributed by atoms with E-state index in [1.54, 1.807) is 0 Å². The number of carboxylic acids is 1. The van der Waals surface area contributed by atoms with Gasteiger partial charge in [0.15, 0.2) is 0 Å². The molecule has 1 aliphatic carbocycles. The van der Waals surface area contributed by atoms with Gasteiger partial charge in [-0.25, -0.2) is 0 Å². The monoisotopic (exact) mass is 169 g/mol.